The fourth-order valence-electron chi connectivity index (χ4n) is 7.52. The summed E-state index contributed by atoms with van der Waals surface area (Å²) in [6, 6.07) is 76.6. The molecule has 0 aromatic heterocycles. The first kappa shape index (κ1) is 30.4. The van der Waals surface area contributed by atoms with Crippen LogP contribution in [0.25, 0.3) is 66.1 Å². The molecule has 0 heterocycles. The number of anilines is 3. The first-order valence-corrected chi connectivity index (χ1v) is 17.5. The second kappa shape index (κ2) is 13.3. The molecule has 1 nitrogen and oxygen atoms in total. The number of hydrogen-bond donors (Lipinski definition) is 0. The van der Waals surface area contributed by atoms with Crippen molar-refractivity contribution in [2.24, 2.45) is 0 Å². The molecule has 51 heavy (non-hydrogen) atoms. The van der Waals surface area contributed by atoms with Crippen LogP contribution in [0.2, 0.25) is 0 Å². The van der Waals surface area contributed by atoms with Crippen LogP contribution in [0.15, 0.2) is 212 Å². The molecule has 0 aliphatic carbocycles. The van der Waals surface area contributed by atoms with E-state index in [0.29, 0.717) is 0 Å². The Hall–Kier alpha value is -6.70. The van der Waals surface area contributed by atoms with Crippen molar-refractivity contribution in [2.75, 3.05) is 4.90 Å². The van der Waals surface area contributed by atoms with Crippen LogP contribution in [-0.4, -0.2) is 0 Å². The van der Waals surface area contributed by atoms with Gasteiger partial charge in [-0.3, -0.25) is 0 Å². The van der Waals surface area contributed by atoms with Crippen molar-refractivity contribution in [1.82, 2.24) is 0 Å². The highest BCUT2D eigenvalue weighted by Crippen LogP contribution is 2.48. The molecule has 9 aromatic carbocycles. The van der Waals surface area contributed by atoms with Gasteiger partial charge in [-0.1, -0.05) is 176 Å². The van der Waals surface area contributed by atoms with Gasteiger partial charge in [0.2, 0.25) is 0 Å². The molecule has 9 aromatic rings. The topological polar surface area (TPSA) is 3.24 Å². The Morgan fingerprint density at radius 1 is 0.255 bits per heavy atom. The second-order valence-electron chi connectivity index (χ2n) is 12.9. The minimum Gasteiger partial charge on any atom is -0.310 e. The highest BCUT2D eigenvalue weighted by atomic mass is 15.1. The van der Waals surface area contributed by atoms with Crippen molar-refractivity contribution < 1.29 is 0 Å². The van der Waals surface area contributed by atoms with Crippen molar-refractivity contribution >= 4 is 38.6 Å². The largest absolute Gasteiger partial charge is 0.310 e. The molecule has 9 rings (SSSR count). The van der Waals surface area contributed by atoms with E-state index in [0.717, 1.165) is 17.1 Å². The molecule has 0 amide bonds. The summed E-state index contributed by atoms with van der Waals surface area (Å²) >= 11 is 0. The number of nitrogens with zero attached hydrogens (tertiary/aromatic N) is 1. The Morgan fingerprint density at radius 3 is 1.33 bits per heavy atom. The standard InChI is InChI=1S/C50H35N/c1-6-18-36(19-7-1)40-30-33-48(46(34-40)37-20-8-2-9-21-37)51(41-26-14-5-15-27-41)42-31-32-44-43-28-16-17-29-45(43)49(38-22-10-3-11-23-38)50(47(44)35-42)39-24-12-4-13-25-39/h1-35H. The third-order valence-electron chi connectivity index (χ3n) is 9.84. The van der Waals surface area contributed by atoms with E-state index in [2.05, 4.69) is 217 Å². The molecule has 0 atom stereocenters. The van der Waals surface area contributed by atoms with Gasteiger partial charge < -0.3 is 4.90 Å². The lowest BCUT2D eigenvalue weighted by molar-refractivity contribution is 1.29. The highest BCUT2D eigenvalue weighted by Gasteiger charge is 2.22. The summed E-state index contributed by atoms with van der Waals surface area (Å²) in [6.45, 7) is 0. The van der Waals surface area contributed by atoms with Crippen molar-refractivity contribution in [3.05, 3.63) is 212 Å². The zero-order chi connectivity index (χ0) is 34.0. The molecule has 0 saturated heterocycles. The zero-order valence-corrected chi connectivity index (χ0v) is 28.2. The van der Waals surface area contributed by atoms with E-state index >= 15 is 0 Å². The molecule has 0 spiro atoms. The van der Waals surface area contributed by atoms with Crippen LogP contribution in [0.5, 0.6) is 0 Å². The van der Waals surface area contributed by atoms with E-state index in [1.807, 2.05) is 0 Å². The molecule has 0 aliphatic heterocycles. The van der Waals surface area contributed by atoms with Crippen LogP contribution >= 0.6 is 0 Å². The molecule has 0 bridgehead atoms. The van der Waals surface area contributed by atoms with Gasteiger partial charge in [-0.25, -0.2) is 0 Å². The number of hydrogen-bond acceptors (Lipinski definition) is 1. The molecule has 0 saturated carbocycles. The van der Waals surface area contributed by atoms with E-state index in [1.165, 1.54) is 66.1 Å². The molecular formula is C50H35N. The third kappa shape index (κ3) is 5.65. The molecular weight excluding hydrogens is 615 g/mol. The average molecular weight is 650 g/mol. The van der Waals surface area contributed by atoms with Gasteiger partial charge in [-0.2, -0.15) is 0 Å². The van der Waals surface area contributed by atoms with Crippen LogP contribution in [0.4, 0.5) is 17.1 Å². The Kier molecular flexibility index (Phi) is 7.92. The van der Waals surface area contributed by atoms with Crippen molar-refractivity contribution in [3.8, 4) is 44.5 Å². The number of benzene rings is 9. The molecule has 1 heteroatoms. The second-order valence-corrected chi connectivity index (χ2v) is 12.9. The summed E-state index contributed by atoms with van der Waals surface area (Å²) in [5, 5.41) is 4.97. The van der Waals surface area contributed by atoms with E-state index in [-0.39, 0.29) is 0 Å². The predicted molar refractivity (Wildman–Crippen MR) is 218 cm³/mol. The quantitative estimate of drug-likeness (QED) is 0.155. The lowest BCUT2D eigenvalue weighted by atomic mass is 9.85. The van der Waals surface area contributed by atoms with Gasteiger partial charge in [0, 0.05) is 16.9 Å². The summed E-state index contributed by atoms with van der Waals surface area (Å²) in [5.41, 5.74) is 13.0. The first-order chi connectivity index (χ1) is 25.3. The fraction of sp³-hybridized carbons (Fsp3) is 0. The zero-order valence-electron chi connectivity index (χ0n) is 28.2. The molecule has 0 radical (unpaired) electrons. The number of para-hydroxylation sites is 1. The van der Waals surface area contributed by atoms with Crippen molar-refractivity contribution in [3.63, 3.8) is 0 Å². The van der Waals surface area contributed by atoms with E-state index in [9.17, 15) is 0 Å². The van der Waals surface area contributed by atoms with Crippen LogP contribution in [-0.2, 0) is 0 Å². The number of fused-ring (bicyclic) bond motifs is 3. The Morgan fingerprint density at radius 2 is 0.725 bits per heavy atom. The van der Waals surface area contributed by atoms with Gasteiger partial charge >= 0.3 is 0 Å². The maximum Gasteiger partial charge on any atom is 0.0540 e. The highest BCUT2D eigenvalue weighted by molar-refractivity contribution is 6.22. The van der Waals surface area contributed by atoms with E-state index in [1.54, 1.807) is 0 Å². The van der Waals surface area contributed by atoms with Gasteiger partial charge in [-0.15, -0.1) is 0 Å². The molecule has 0 unspecified atom stereocenters. The lowest BCUT2D eigenvalue weighted by Gasteiger charge is -2.29. The average Bonchev–Trinajstić information content (AvgIpc) is 3.22. The Labute approximate surface area is 299 Å². The Balaban J connectivity index is 1.36. The van der Waals surface area contributed by atoms with Gasteiger partial charge in [0.05, 0.1) is 5.69 Å². The normalized spacial score (nSPS) is 11.1. The third-order valence-corrected chi connectivity index (χ3v) is 9.84. The molecule has 0 fully saturated rings. The minimum absolute atomic E-state index is 1.10. The Bertz CT molecular complexity index is 2600. The van der Waals surface area contributed by atoms with Crippen LogP contribution in [0.3, 0.4) is 0 Å². The molecule has 0 aliphatic rings. The first-order valence-electron chi connectivity index (χ1n) is 17.5. The lowest BCUT2D eigenvalue weighted by Crippen LogP contribution is -2.11. The SMILES string of the molecule is c1ccc(-c2ccc(N(c3ccccc3)c3ccc4c(c3)c(-c3ccccc3)c(-c3ccccc3)c3ccccc34)c(-c3ccccc3)c2)cc1. The summed E-state index contributed by atoms with van der Waals surface area (Å²) in [4.78, 5) is 2.42. The van der Waals surface area contributed by atoms with Gasteiger partial charge in [0.15, 0.2) is 0 Å². The monoisotopic (exact) mass is 649 g/mol. The fourth-order valence-corrected chi connectivity index (χ4v) is 7.52. The van der Waals surface area contributed by atoms with Gasteiger partial charge in [0.25, 0.3) is 0 Å². The van der Waals surface area contributed by atoms with Crippen molar-refractivity contribution in [1.29, 1.82) is 0 Å². The summed E-state index contributed by atoms with van der Waals surface area (Å²) in [7, 11) is 0. The number of rotatable bonds is 7. The van der Waals surface area contributed by atoms with Gasteiger partial charge in [-0.05, 0) is 96.9 Å². The van der Waals surface area contributed by atoms with Crippen LogP contribution in [0, 0.1) is 0 Å². The summed E-state index contributed by atoms with van der Waals surface area (Å²) in [6.07, 6.45) is 0. The maximum atomic E-state index is 2.42. The van der Waals surface area contributed by atoms with Gasteiger partial charge in [0.1, 0.15) is 0 Å². The minimum atomic E-state index is 1.10. The smallest absolute Gasteiger partial charge is 0.0540 e. The summed E-state index contributed by atoms with van der Waals surface area (Å²) < 4.78 is 0. The summed E-state index contributed by atoms with van der Waals surface area (Å²) in [5.74, 6) is 0. The van der Waals surface area contributed by atoms with Crippen LogP contribution < -0.4 is 4.90 Å². The predicted octanol–water partition coefficient (Wildman–Crippen LogP) is 14.1. The van der Waals surface area contributed by atoms with E-state index < -0.39 is 0 Å². The van der Waals surface area contributed by atoms with E-state index in [4.69, 9.17) is 0 Å². The molecule has 240 valence electrons. The van der Waals surface area contributed by atoms with Crippen molar-refractivity contribution in [2.45, 2.75) is 0 Å². The maximum absolute atomic E-state index is 2.42. The molecule has 0 N–H and O–H groups in total. The van der Waals surface area contributed by atoms with Crippen LogP contribution in [0.1, 0.15) is 0 Å².